The molecule has 0 aliphatic heterocycles. The zero-order valence-electron chi connectivity index (χ0n) is 22.6. The second-order valence-electron chi connectivity index (χ2n) is 9.79. The SMILES string of the molecule is CCCCCC(NC(C)=O)(C(=O)N(C)CCCC)c1c(C)n(C(=O)c2ccccc2)c2ccc(O)cc12. The molecule has 7 heteroatoms. The number of aromatic hydroxyl groups is 1. The molecule has 2 N–H and O–H groups in total. The molecule has 0 aliphatic rings. The summed E-state index contributed by atoms with van der Waals surface area (Å²) in [6.45, 7) is 7.92. The number of nitrogens with one attached hydrogen (secondary N) is 1. The van der Waals surface area contributed by atoms with Crippen molar-refractivity contribution in [2.75, 3.05) is 13.6 Å². The van der Waals surface area contributed by atoms with Gasteiger partial charge in [-0.05, 0) is 50.1 Å². The summed E-state index contributed by atoms with van der Waals surface area (Å²) >= 11 is 0. The molecule has 1 atom stereocenters. The number of likely N-dealkylation sites (N-methyl/N-ethyl adjacent to an activating group) is 1. The quantitative estimate of drug-likeness (QED) is 0.336. The van der Waals surface area contributed by atoms with E-state index in [1.165, 1.54) is 13.0 Å². The summed E-state index contributed by atoms with van der Waals surface area (Å²) in [5.74, 6) is -0.763. The van der Waals surface area contributed by atoms with Gasteiger partial charge in [-0.15, -0.1) is 0 Å². The molecular weight excluding hydrogens is 466 g/mol. The Bertz CT molecular complexity index is 1260. The first-order valence-electron chi connectivity index (χ1n) is 13.2. The zero-order chi connectivity index (χ0) is 27.2. The molecule has 0 radical (unpaired) electrons. The Balaban J connectivity index is 2.36. The fraction of sp³-hybridized carbons (Fsp3) is 0.433. The van der Waals surface area contributed by atoms with Crippen LogP contribution in [-0.2, 0) is 15.1 Å². The molecule has 0 saturated carbocycles. The molecule has 37 heavy (non-hydrogen) atoms. The number of carbonyl (C=O) groups is 3. The summed E-state index contributed by atoms with van der Waals surface area (Å²) in [7, 11) is 1.76. The van der Waals surface area contributed by atoms with Gasteiger partial charge in [0, 0.05) is 42.7 Å². The Morgan fingerprint density at radius 3 is 2.30 bits per heavy atom. The van der Waals surface area contributed by atoms with E-state index in [9.17, 15) is 19.5 Å². The number of phenolic OH excluding ortho intramolecular Hbond substituents is 1. The maximum atomic E-state index is 14.3. The smallest absolute Gasteiger partial charge is 0.262 e. The number of rotatable bonds is 11. The number of unbranched alkanes of at least 4 members (excludes halogenated alkanes) is 3. The van der Waals surface area contributed by atoms with Crippen LogP contribution >= 0.6 is 0 Å². The van der Waals surface area contributed by atoms with Crippen LogP contribution in [0, 0.1) is 6.92 Å². The van der Waals surface area contributed by atoms with Gasteiger partial charge in [-0.2, -0.15) is 0 Å². The molecule has 3 aromatic rings. The number of amides is 2. The molecule has 0 aliphatic carbocycles. The minimum absolute atomic E-state index is 0.0233. The average Bonchev–Trinajstić information content (AvgIpc) is 3.17. The van der Waals surface area contributed by atoms with Gasteiger partial charge in [-0.3, -0.25) is 19.0 Å². The van der Waals surface area contributed by atoms with E-state index in [0.717, 1.165) is 25.7 Å². The second-order valence-corrected chi connectivity index (χ2v) is 9.79. The molecule has 1 aromatic heterocycles. The number of nitrogens with zero attached hydrogens (tertiary/aromatic N) is 2. The largest absolute Gasteiger partial charge is 0.508 e. The maximum Gasteiger partial charge on any atom is 0.262 e. The van der Waals surface area contributed by atoms with Gasteiger partial charge in [-0.25, -0.2) is 0 Å². The number of carbonyl (C=O) groups excluding carboxylic acids is 3. The van der Waals surface area contributed by atoms with Crippen molar-refractivity contribution in [1.29, 1.82) is 0 Å². The van der Waals surface area contributed by atoms with E-state index in [1.54, 1.807) is 52.9 Å². The van der Waals surface area contributed by atoms with Crippen LogP contribution < -0.4 is 5.32 Å². The highest BCUT2D eigenvalue weighted by Gasteiger charge is 2.46. The lowest BCUT2D eigenvalue weighted by molar-refractivity contribution is -0.141. The third kappa shape index (κ3) is 5.71. The molecule has 2 amide bonds. The van der Waals surface area contributed by atoms with Gasteiger partial charge in [0.1, 0.15) is 11.3 Å². The predicted molar refractivity (Wildman–Crippen MR) is 147 cm³/mol. The number of hydrogen-bond acceptors (Lipinski definition) is 4. The van der Waals surface area contributed by atoms with Gasteiger partial charge < -0.3 is 15.3 Å². The van der Waals surface area contributed by atoms with E-state index < -0.39 is 5.54 Å². The Kier molecular flexibility index (Phi) is 9.14. The van der Waals surface area contributed by atoms with Crippen molar-refractivity contribution in [2.45, 2.75) is 71.8 Å². The Morgan fingerprint density at radius 2 is 1.68 bits per heavy atom. The first-order chi connectivity index (χ1) is 17.7. The predicted octanol–water partition coefficient (Wildman–Crippen LogP) is 5.51. The third-order valence-corrected chi connectivity index (χ3v) is 6.94. The van der Waals surface area contributed by atoms with Crippen LogP contribution in [0.5, 0.6) is 5.75 Å². The second kappa shape index (κ2) is 12.1. The van der Waals surface area contributed by atoms with Crippen LogP contribution in [0.15, 0.2) is 48.5 Å². The van der Waals surface area contributed by atoms with Crippen molar-refractivity contribution in [3.05, 3.63) is 65.4 Å². The topological polar surface area (TPSA) is 91.6 Å². The van der Waals surface area contributed by atoms with Crippen LogP contribution in [0.1, 0.15) is 80.9 Å². The fourth-order valence-corrected chi connectivity index (χ4v) is 5.20. The van der Waals surface area contributed by atoms with Crippen molar-refractivity contribution >= 4 is 28.6 Å². The summed E-state index contributed by atoms with van der Waals surface area (Å²) in [5, 5.41) is 14.1. The Morgan fingerprint density at radius 1 is 1.00 bits per heavy atom. The van der Waals surface area contributed by atoms with Gasteiger partial charge in [0.15, 0.2) is 0 Å². The van der Waals surface area contributed by atoms with Crippen LogP contribution in [0.2, 0.25) is 0 Å². The van der Waals surface area contributed by atoms with E-state index in [2.05, 4.69) is 19.2 Å². The molecule has 1 unspecified atom stereocenters. The van der Waals surface area contributed by atoms with Crippen LogP contribution in [0.25, 0.3) is 10.9 Å². The minimum Gasteiger partial charge on any atom is -0.508 e. The normalized spacial score (nSPS) is 12.8. The molecule has 0 fully saturated rings. The van der Waals surface area contributed by atoms with Crippen molar-refractivity contribution in [2.24, 2.45) is 0 Å². The Hall–Kier alpha value is -3.61. The maximum absolute atomic E-state index is 14.3. The molecule has 1 heterocycles. The highest BCUT2D eigenvalue weighted by atomic mass is 16.3. The van der Waals surface area contributed by atoms with Gasteiger partial charge >= 0.3 is 0 Å². The zero-order valence-corrected chi connectivity index (χ0v) is 22.6. The molecule has 7 nitrogen and oxygen atoms in total. The van der Waals surface area contributed by atoms with E-state index in [-0.39, 0.29) is 23.5 Å². The van der Waals surface area contributed by atoms with Crippen LogP contribution in [0.4, 0.5) is 0 Å². The van der Waals surface area contributed by atoms with Crippen LogP contribution in [0.3, 0.4) is 0 Å². The first kappa shape index (κ1) is 28.0. The first-order valence-corrected chi connectivity index (χ1v) is 13.2. The lowest BCUT2D eigenvalue weighted by Gasteiger charge is -2.37. The number of aromatic nitrogens is 1. The minimum atomic E-state index is -1.39. The van der Waals surface area contributed by atoms with Crippen molar-refractivity contribution in [1.82, 2.24) is 14.8 Å². The number of fused-ring (bicyclic) bond motifs is 1. The summed E-state index contributed by atoms with van der Waals surface area (Å²) in [5.41, 5.74) is 0.819. The highest BCUT2D eigenvalue weighted by molar-refractivity contribution is 6.06. The summed E-state index contributed by atoms with van der Waals surface area (Å²) in [4.78, 5) is 42.4. The lowest BCUT2D eigenvalue weighted by atomic mass is 9.81. The molecule has 3 rings (SSSR count). The van der Waals surface area contributed by atoms with Gasteiger partial charge in [0.25, 0.3) is 11.8 Å². The molecule has 2 aromatic carbocycles. The van der Waals surface area contributed by atoms with E-state index in [1.807, 2.05) is 13.0 Å². The summed E-state index contributed by atoms with van der Waals surface area (Å²) in [6.07, 6.45) is 4.69. The highest BCUT2D eigenvalue weighted by Crippen LogP contribution is 2.40. The van der Waals surface area contributed by atoms with E-state index in [0.29, 0.717) is 47.1 Å². The van der Waals surface area contributed by atoms with Gasteiger partial charge in [-0.1, -0.05) is 57.7 Å². The van der Waals surface area contributed by atoms with Gasteiger partial charge in [0.05, 0.1) is 5.52 Å². The number of benzene rings is 2. The monoisotopic (exact) mass is 505 g/mol. The molecule has 198 valence electrons. The lowest BCUT2D eigenvalue weighted by Crippen LogP contribution is -2.56. The molecule has 0 bridgehead atoms. The standard InChI is InChI=1S/C30H39N3O4/c1-6-8-13-18-30(31-22(4)34,29(37)32(5)19-9-7-2)27-21(3)33(26-17-16-24(35)20-25(26)27)28(36)23-14-11-10-12-15-23/h10-12,14-17,20,35H,6-9,13,18-19H2,1-5H3,(H,31,34). The average molecular weight is 506 g/mol. The molecular formula is C30H39N3O4. The molecule has 0 saturated heterocycles. The van der Waals surface area contributed by atoms with E-state index in [4.69, 9.17) is 0 Å². The summed E-state index contributed by atoms with van der Waals surface area (Å²) < 4.78 is 1.59. The third-order valence-electron chi connectivity index (χ3n) is 6.94. The van der Waals surface area contributed by atoms with Crippen molar-refractivity contribution < 1.29 is 19.5 Å². The van der Waals surface area contributed by atoms with Gasteiger partial charge in [0.2, 0.25) is 5.91 Å². The fourth-order valence-electron chi connectivity index (χ4n) is 5.20. The number of hydrogen-bond donors (Lipinski definition) is 2. The van der Waals surface area contributed by atoms with Crippen molar-refractivity contribution in [3.63, 3.8) is 0 Å². The van der Waals surface area contributed by atoms with Crippen LogP contribution in [-0.4, -0.2) is 45.9 Å². The van der Waals surface area contributed by atoms with Crippen molar-refractivity contribution in [3.8, 4) is 5.75 Å². The number of phenols is 1. The Labute approximate surface area is 219 Å². The molecule has 0 spiro atoms. The summed E-state index contributed by atoms with van der Waals surface area (Å²) in [6, 6.07) is 13.8. The van der Waals surface area contributed by atoms with E-state index >= 15 is 0 Å².